The zero-order chi connectivity index (χ0) is 21.4. The van der Waals surface area contributed by atoms with Crippen molar-refractivity contribution in [1.82, 2.24) is 15.0 Å². The van der Waals surface area contributed by atoms with Crippen molar-refractivity contribution in [3.63, 3.8) is 0 Å². The van der Waals surface area contributed by atoms with E-state index in [0.29, 0.717) is 22.8 Å². The standard InChI is InChI=1S/C26H32N4O/c1-26(13-6-3-7-14-26)24(31)21-16-27-25-23(21)29-22(17-28-25)18-9-8-12-20(15-18)30(2)19-10-4-5-11-19/h8-9,12,15-17,19H,3-7,10-11,13-14H2,1-2H3,(H,27,28). The quantitative estimate of drug-likeness (QED) is 0.506. The summed E-state index contributed by atoms with van der Waals surface area (Å²) >= 11 is 0. The highest BCUT2D eigenvalue weighted by atomic mass is 16.1. The van der Waals surface area contributed by atoms with Crippen LogP contribution in [-0.4, -0.2) is 33.8 Å². The number of anilines is 1. The molecule has 2 saturated carbocycles. The van der Waals surface area contributed by atoms with Gasteiger partial charge in [0.2, 0.25) is 0 Å². The van der Waals surface area contributed by atoms with Gasteiger partial charge in [0.25, 0.3) is 0 Å². The third-order valence-electron chi connectivity index (χ3n) is 7.55. The third kappa shape index (κ3) is 3.75. The molecule has 0 bridgehead atoms. The molecule has 0 atom stereocenters. The lowest BCUT2D eigenvalue weighted by Crippen LogP contribution is -2.30. The molecule has 162 valence electrons. The number of carbonyl (C=O) groups is 1. The largest absolute Gasteiger partial charge is 0.372 e. The number of nitrogens with one attached hydrogen (secondary N) is 1. The maximum absolute atomic E-state index is 13.4. The van der Waals surface area contributed by atoms with Gasteiger partial charge >= 0.3 is 0 Å². The van der Waals surface area contributed by atoms with Crippen LogP contribution in [-0.2, 0) is 0 Å². The van der Waals surface area contributed by atoms with Gasteiger partial charge in [-0.2, -0.15) is 0 Å². The highest BCUT2D eigenvalue weighted by Gasteiger charge is 2.36. The van der Waals surface area contributed by atoms with E-state index in [2.05, 4.69) is 53.1 Å². The van der Waals surface area contributed by atoms with Crippen LogP contribution in [0.25, 0.3) is 22.4 Å². The highest BCUT2D eigenvalue weighted by Crippen LogP contribution is 2.39. The normalized spacial score (nSPS) is 19.0. The summed E-state index contributed by atoms with van der Waals surface area (Å²) in [5, 5.41) is 0. The van der Waals surface area contributed by atoms with Gasteiger partial charge < -0.3 is 9.88 Å². The predicted octanol–water partition coefficient (Wildman–Crippen LogP) is 6.16. The number of H-pyrrole nitrogens is 1. The molecule has 5 heteroatoms. The van der Waals surface area contributed by atoms with Gasteiger partial charge in [0, 0.05) is 36.0 Å². The van der Waals surface area contributed by atoms with E-state index in [9.17, 15) is 4.79 Å². The van der Waals surface area contributed by atoms with Gasteiger partial charge in [-0.15, -0.1) is 0 Å². The smallest absolute Gasteiger partial charge is 0.172 e. The Morgan fingerprint density at radius 1 is 1.13 bits per heavy atom. The van der Waals surface area contributed by atoms with Crippen LogP contribution < -0.4 is 4.90 Å². The van der Waals surface area contributed by atoms with E-state index >= 15 is 0 Å². The van der Waals surface area contributed by atoms with E-state index in [4.69, 9.17) is 4.98 Å². The molecule has 1 aromatic carbocycles. The van der Waals surface area contributed by atoms with Crippen molar-refractivity contribution < 1.29 is 4.79 Å². The summed E-state index contributed by atoms with van der Waals surface area (Å²) < 4.78 is 0. The summed E-state index contributed by atoms with van der Waals surface area (Å²) in [5.74, 6) is 0.208. The summed E-state index contributed by atoms with van der Waals surface area (Å²) in [7, 11) is 2.19. The van der Waals surface area contributed by atoms with Gasteiger partial charge in [-0.3, -0.25) is 4.79 Å². The van der Waals surface area contributed by atoms with Crippen LogP contribution in [0.3, 0.4) is 0 Å². The molecule has 0 saturated heterocycles. The third-order valence-corrected chi connectivity index (χ3v) is 7.55. The molecule has 5 rings (SSSR count). The van der Waals surface area contributed by atoms with E-state index in [1.54, 1.807) is 6.20 Å². The SMILES string of the molecule is CN(c1cccc(-c2cnc3[nH]cc(C(=O)C4(C)CCCCC4)c3n2)c1)C1CCCC1. The number of benzene rings is 1. The van der Waals surface area contributed by atoms with Crippen LogP contribution in [0.5, 0.6) is 0 Å². The Morgan fingerprint density at radius 3 is 2.68 bits per heavy atom. The number of Topliss-reactive ketones (excluding diaryl/α,β-unsaturated/α-hetero) is 1. The van der Waals surface area contributed by atoms with Gasteiger partial charge in [0.05, 0.1) is 17.5 Å². The first kappa shape index (κ1) is 20.2. The number of ketones is 1. The lowest BCUT2D eigenvalue weighted by Gasteiger charge is -2.31. The first-order valence-corrected chi connectivity index (χ1v) is 11.8. The van der Waals surface area contributed by atoms with E-state index in [1.807, 2.05) is 6.20 Å². The summed E-state index contributed by atoms with van der Waals surface area (Å²) in [6.07, 6.45) is 14.2. The van der Waals surface area contributed by atoms with Crippen LogP contribution in [0.15, 0.2) is 36.7 Å². The second kappa shape index (κ2) is 8.10. The fourth-order valence-electron chi connectivity index (χ4n) is 5.47. The molecule has 0 aliphatic heterocycles. The average molecular weight is 417 g/mol. The van der Waals surface area contributed by atoms with Gasteiger partial charge in [0.1, 0.15) is 5.52 Å². The van der Waals surface area contributed by atoms with Crippen molar-refractivity contribution in [3.8, 4) is 11.3 Å². The van der Waals surface area contributed by atoms with E-state index in [0.717, 1.165) is 36.9 Å². The molecule has 31 heavy (non-hydrogen) atoms. The number of carbonyl (C=O) groups excluding carboxylic acids is 1. The zero-order valence-corrected chi connectivity index (χ0v) is 18.7. The molecule has 0 unspecified atom stereocenters. The molecule has 2 fully saturated rings. The second-order valence-corrected chi connectivity index (χ2v) is 9.70. The van der Waals surface area contributed by atoms with Crippen molar-refractivity contribution in [2.45, 2.75) is 70.8 Å². The minimum Gasteiger partial charge on any atom is -0.372 e. The Kier molecular flexibility index (Phi) is 5.28. The predicted molar refractivity (Wildman–Crippen MR) is 126 cm³/mol. The molecule has 0 spiro atoms. The molecule has 2 aliphatic carbocycles. The monoisotopic (exact) mass is 416 g/mol. The number of aromatic nitrogens is 3. The van der Waals surface area contributed by atoms with Crippen molar-refractivity contribution in [3.05, 3.63) is 42.2 Å². The zero-order valence-electron chi connectivity index (χ0n) is 18.7. The highest BCUT2D eigenvalue weighted by molar-refractivity contribution is 6.08. The lowest BCUT2D eigenvalue weighted by molar-refractivity contribution is 0.0751. The molecule has 2 aliphatic rings. The molecule has 5 nitrogen and oxygen atoms in total. The van der Waals surface area contributed by atoms with Gasteiger partial charge in [-0.25, -0.2) is 9.97 Å². The maximum Gasteiger partial charge on any atom is 0.172 e. The molecular weight excluding hydrogens is 384 g/mol. The summed E-state index contributed by atoms with van der Waals surface area (Å²) in [5.41, 5.74) is 4.86. The summed E-state index contributed by atoms with van der Waals surface area (Å²) in [4.78, 5) is 28.5. The number of aromatic amines is 1. The molecule has 0 amide bonds. The molecule has 2 aromatic heterocycles. The van der Waals surface area contributed by atoms with Crippen molar-refractivity contribution in [1.29, 1.82) is 0 Å². The van der Waals surface area contributed by atoms with Gasteiger partial charge in [-0.1, -0.05) is 51.2 Å². The Hall–Kier alpha value is -2.69. The van der Waals surface area contributed by atoms with Crippen LogP contribution >= 0.6 is 0 Å². The van der Waals surface area contributed by atoms with E-state index in [1.165, 1.54) is 37.8 Å². The molecular formula is C26H32N4O. The first-order valence-electron chi connectivity index (χ1n) is 11.8. The van der Waals surface area contributed by atoms with Gasteiger partial charge in [0.15, 0.2) is 11.4 Å². The first-order chi connectivity index (χ1) is 15.0. The lowest BCUT2D eigenvalue weighted by atomic mass is 9.71. The maximum atomic E-state index is 13.4. The minimum absolute atomic E-state index is 0.208. The average Bonchev–Trinajstić information content (AvgIpc) is 3.48. The number of hydrogen-bond donors (Lipinski definition) is 1. The van der Waals surface area contributed by atoms with Crippen molar-refractivity contribution in [2.24, 2.45) is 5.41 Å². The van der Waals surface area contributed by atoms with Crippen molar-refractivity contribution >= 4 is 22.6 Å². The Bertz CT molecular complexity index is 1090. The summed E-state index contributed by atoms with van der Waals surface area (Å²) in [6.45, 7) is 2.12. The van der Waals surface area contributed by atoms with E-state index < -0.39 is 0 Å². The molecule has 2 heterocycles. The topological polar surface area (TPSA) is 61.9 Å². The van der Waals surface area contributed by atoms with Crippen LogP contribution in [0, 0.1) is 5.41 Å². The Balaban J connectivity index is 1.48. The second-order valence-electron chi connectivity index (χ2n) is 9.70. The number of rotatable bonds is 5. The fourth-order valence-corrected chi connectivity index (χ4v) is 5.47. The van der Waals surface area contributed by atoms with Crippen LogP contribution in [0.4, 0.5) is 5.69 Å². The summed E-state index contributed by atoms with van der Waals surface area (Å²) in [6, 6.07) is 9.16. The number of fused-ring (bicyclic) bond motifs is 1. The fraction of sp³-hybridized carbons (Fsp3) is 0.500. The van der Waals surface area contributed by atoms with Gasteiger partial charge in [-0.05, 0) is 37.8 Å². The van der Waals surface area contributed by atoms with E-state index in [-0.39, 0.29) is 11.2 Å². The Labute approximate surface area is 184 Å². The molecule has 0 radical (unpaired) electrons. The van der Waals surface area contributed by atoms with Crippen LogP contribution in [0.2, 0.25) is 0 Å². The minimum atomic E-state index is -0.283. The molecule has 3 aromatic rings. The number of nitrogens with zero attached hydrogens (tertiary/aromatic N) is 3. The van der Waals surface area contributed by atoms with Crippen LogP contribution in [0.1, 0.15) is 75.1 Å². The molecule has 1 N–H and O–H groups in total. The Morgan fingerprint density at radius 2 is 1.90 bits per heavy atom. The van der Waals surface area contributed by atoms with Crippen molar-refractivity contribution in [2.75, 3.05) is 11.9 Å². The number of hydrogen-bond acceptors (Lipinski definition) is 4.